The van der Waals surface area contributed by atoms with E-state index in [1.165, 1.54) is 0 Å². The second-order valence-electron chi connectivity index (χ2n) is 4.04. The molecule has 0 aromatic heterocycles. The quantitative estimate of drug-likeness (QED) is 0.702. The molecule has 0 aliphatic heterocycles. The fourth-order valence-electron chi connectivity index (χ4n) is 2.02. The average Bonchev–Trinajstić information content (AvgIpc) is 2.29. The summed E-state index contributed by atoms with van der Waals surface area (Å²) in [6, 6.07) is 0. The van der Waals surface area contributed by atoms with Crippen LogP contribution in [0, 0.1) is 23.7 Å². The fraction of sp³-hybridized carbons (Fsp3) is 0.667. The maximum atomic E-state index is 11.7. The van der Waals surface area contributed by atoms with Crippen molar-refractivity contribution in [2.24, 2.45) is 11.8 Å². The highest BCUT2D eigenvalue weighted by atomic mass is 16.4. The summed E-state index contributed by atoms with van der Waals surface area (Å²) in [5.74, 6) is 4.08. The first-order valence-electron chi connectivity index (χ1n) is 5.55. The van der Waals surface area contributed by atoms with Crippen molar-refractivity contribution in [2.45, 2.75) is 32.6 Å². The summed E-state index contributed by atoms with van der Waals surface area (Å²) in [6.45, 7) is 2.07. The zero-order valence-electron chi connectivity index (χ0n) is 9.45. The number of rotatable bonds is 3. The molecular formula is C12H17NO3. The first kappa shape index (κ1) is 12.6. The molecule has 2 N–H and O–H groups in total. The topological polar surface area (TPSA) is 66.4 Å². The van der Waals surface area contributed by atoms with Gasteiger partial charge >= 0.3 is 5.97 Å². The predicted octanol–water partition coefficient (Wildman–Crippen LogP) is 1.02. The first-order valence-corrected chi connectivity index (χ1v) is 5.55. The van der Waals surface area contributed by atoms with Gasteiger partial charge in [0, 0.05) is 5.92 Å². The van der Waals surface area contributed by atoms with Crippen molar-refractivity contribution < 1.29 is 14.7 Å². The lowest BCUT2D eigenvalue weighted by molar-refractivity contribution is -0.144. The molecule has 0 radical (unpaired) electrons. The van der Waals surface area contributed by atoms with Crippen LogP contribution < -0.4 is 5.32 Å². The van der Waals surface area contributed by atoms with E-state index in [0.29, 0.717) is 19.4 Å². The normalized spacial score (nSPS) is 24.1. The first-order chi connectivity index (χ1) is 7.65. The van der Waals surface area contributed by atoms with Crippen molar-refractivity contribution in [2.75, 3.05) is 6.54 Å². The van der Waals surface area contributed by atoms with E-state index in [2.05, 4.69) is 17.2 Å². The number of nitrogens with one attached hydrogen (secondary N) is 1. The molecule has 1 amide bonds. The second-order valence-corrected chi connectivity index (χ2v) is 4.04. The van der Waals surface area contributed by atoms with Crippen molar-refractivity contribution in [3.8, 4) is 11.8 Å². The number of carbonyl (C=O) groups excluding carboxylic acids is 1. The highest BCUT2D eigenvalue weighted by Gasteiger charge is 2.30. The molecule has 0 heterocycles. The SMILES string of the molecule is CC#CCNC(=O)C1CCCC(C(=O)O)C1. The Balaban J connectivity index is 2.42. The summed E-state index contributed by atoms with van der Waals surface area (Å²) in [7, 11) is 0. The van der Waals surface area contributed by atoms with Crippen LogP contribution in [0.2, 0.25) is 0 Å². The smallest absolute Gasteiger partial charge is 0.306 e. The number of carbonyl (C=O) groups is 2. The Kier molecular flexibility index (Phi) is 4.84. The third kappa shape index (κ3) is 3.58. The molecule has 0 bridgehead atoms. The molecule has 1 aliphatic carbocycles. The van der Waals surface area contributed by atoms with Crippen LogP contribution in [0.25, 0.3) is 0 Å². The summed E-state index contributed by atoms with van der Waals surface area (Å²) in [4.78, 5) is 22.5. The van der Waals surface area contributed by atoms with Gasteiger partial charge < -0.3 is 10.4 Å². The van der Waals surface area contributed by atoms with E-state index in [1.807, 2.05) is 0 Å². The van der Waals surface area contributed by atoms with Gasteiger partial charge in [-0.25, -0.2) is 0 Å². The Morgan fingerprint density at radius 1 is 1.38 bits per heavy atom. The number of hydrogen-bond donors (Lipinski definition) is 2. The molecule has 0 aromatic carbocycles. The van der Waals surface area contributed by atoms with E-state index in [9.17, 15) is 9.59 Å². The Labute approximate surface area is 95.4 Å². The van der Waals surface area contributed by atoms with Crippen LogP contribution in [-0.2, 0) is 9.59 Å². The van der Waals surface area contributed by atoms with Gasteiger partial charge in [-0.2, -0.15) is 0 Å². The minimum atomic E-state index is -0.786. The summed E-state index contributed by atoms with van der Waals surface area (Å²) in [5, 5.41) is 11.6. The lowest BCUT2D eigenvalue weighted by atomic mass is 9.81. The van der Waals surface area contributed by atoms with Gasteiger partial charge in [-0.1, -0.05) is 12.3 Å². The zero-order chi connectivity index (χ0) is 12.0. The highest BCUT2D eigenvalue weighted by Crippen LogP contribution is 2.29. The third-order valence-corrected chi connectivity index (χ3v) is 2.92. The molecule has 2 atom stereocenters. The number of aliphatic carboxylic acids is 1. The van der Waals surface area contributed by atoms with Crippen LogP contribution in [0.15, 0.2) is 0 Å². The van der Waals surface area contributed by atoms with Crippen molar-refractivity contribution in [1.29, 1.82) is 0 Å². The zero-order valence-corrected chi connectivity index (χ0v) is 9.45. The Bertz CT molecular complexity index is 327. The Morgan fingerprint density at radius 3 is 2.69 bits per heavy atom. The molecule has 1 saturated carbocycles. The maximum Gasteiger partial charge on any atom is 0.306 e. The number of carboxylic acids is 1. The molecule has 0 aromatic rings. The number of carboxylic acid groups (broad SMARTS) is 1. The van der Waals surface area contributed by atoms with E-state index >= 15 is 0 Å². The van der Waals surface area contributed by atoms with Crippen molar-refractivity contribution in [3.05, 3.63) is 0 Å². The van der Waals surface area contributed by atoms with Crippen molar-refractivity contribution >= 4 is 11.9 Å². The summed E-state index contributed by atoms with van der Waals surface area (Å²) in [6.07, 6.45) is 2.75. The average molecular weight is 223 g/mol. The van der Waals surface area contributed by atoms with Crippen LogP contribution in [0.3, 0.4) is 0 Å². The molecule has 1 rings (SSSR count). The Hall–Kier alpha value is -1.50. The largest absolute Gasteiger partial charge is 0.481 e. The van der Waals surface area contributed by atoms with Gasteiger partial charge in [-0.15, -0.1) is 5.92 Å². The summed E-state index contributed by atoms with van der Waals surface area (Å²) in [5.41, 5.74) is 0. The molecule has 0 saturated heterocycles. The van der Waals surface area contributed by atoms with E-state index in [0.717, 1.165) is 12.8 Å². The third-order valence-electron chi connectivity index (χ3n) is 2.92. The fourth-order valence-corrected chi connectivity index (χ4v) is 2.02. The second kappa shape index (κ2) is 6.16. The molecule has 4 heteroatoms. The monoisotopic (exact) mass is 223 g/mol. The molecule has 88 valence electrons. The van der Waals surface area contributed by atoms with Crippen LogP contribution in [0.1, 0.15) is 32.6 Å². The molecule has 0 spiro atoms. The highest BCUT2D eigenvalue weighted by molar-refractivity contribution is 5.80. The van der Waals surface area contributed by atoms with Crippen molar-refractivity contribution in [1.82, 2.24) is 5.32 Å². The van der Waals surface area contributed by atoms with E-state index < -0.39 is 5.97 Å². The van der Waals surface area contributed by atoms with Crippen molar-refractivity contribution in [3.63, 3.8) is 0 Å². The Morgan fingerprint density at radius 2 is 2.06 bits per heavy atom. The number of hydrogen-bond acceptors (Lipinski definition) is 2. The van der Waals surface area contributed by atoms with Crippen LogP contribution in [0.5, 0.6) is 0 Å². The molecule has 2 unspecified atom stereocenters. The van der Waals surface area contributed by atoms with E-state index in [-0.39, 0.29) is 17.7 Å². The molecule has 1 fully saturated rings. The van der Waals surface area contributed by atoms with Gasteiger partial charge in [0.25, 0.3) is 0 Å². The summed E-state index contributed by atoms with van der Waals surface area (Å²) < 4.78 is 0. The van der Waals surface area contributed by atoms with Gasteiger partial charge in [0.15, 0.2) is 0 Å². The van der Waals surface area contributed by atoms with Gasteiger partial charge in [0.05, 0.1) is 12.5 Å². The van der Waals surface area contributed by atoms with Crippen LogP contribution in [-0.4, -0.2) is 23.5 Å². The lowest BCUT2D eigenvalue weighted by Crippen LogP contribution is -2.35. The summed E-state index contributed by atoms with van der Waals surface area (Å²) >= 11 is 0. The van der Waals surface area contributed by atoms with Gasteiger partial charge in [-0.3, -0.25) is 9.59 Å². The lowest BCUT2D eigenvalue weighted by Gasteiger charge is -2.25. The van der Waals surface area contributed by atoms with Crippen LogP contribution >= 0.6 is 0 Å². The predicted molar refractivity (Wildman–Crippen MR) is 59.5 cm³/mol. The van der Waals surface area contributed by atoms with Gasteiger partial charge in [0.1, 0.15) is 0 Å². The maximum absolute atomic E-state index is 11.7. The van der Waals surface area contributed by atoms with E-state index in [1.54, 1.807) is 6.92 Å². The standard InChI is InChI=1S/C12H17NO3/c1-2-3-7-13-11(14)9-5-4-6-10(8-9)12(15)16/h9-10H,4-8H2,1H3,(H,13,14)(H,15,16). The van der Waals surface area contributed by atoms with Gasteiger partial charge in [-0.05, 0) is 26.2 Å². The van der Waals surface area contributed by atoms with Gasteiger partial charge in [0.2, 0.25) is 5.91 Å². The minimum absolute atomic E-state index is 0.0614. The molecule has 16 heavy (non-hydrogen) atoms. The molecule has 1 aliphatic rings. The molecular weight excluding hydrogens is 206 g/mol. The molecule has 4 nitrogen and oxygen atoms in total. The van der Waals surface area contributed by atoms with Crippen LogP contribution in [0.4, 0.5) is 0 Å². The minimum Gasteiger partial charge on any atom is -0.481 e. The van der Waals surface area contributed by atoms with E-state index in [4.69, 9.17) is 5.11 Å². The number of amides is 1.